The Morgan fingerprint density at radius 3 is 2.33 bits per heavy atom. The zero-order valence-electron chi connectivity index (χ0n) is 13.5. The van der Waals surface area contributed by atoms with Gasteiger partial charge in [0.25, 0.3) is 0 Å². The maximum absolute atomic E-state index is 6.36. The summed E-state index contributed by atoms with van der Waals surface area (Å²) in [5.41, 5.74) is 0. The fraction of sp³-hybridized carbons (Fsp3) is 0.688. The van der Waals surface area contributed by atoms with E-state index in [1.807, 2.05) is 0 Å². The van der Waals surface area contributed by atoms with Gasteiger partial charge in [-0.15, -0.1) is 0 Å². The van der Waals surface area contributed by atoms with Crippen molar-refractivity contribution in [2.75, 3.05) is 29.9 Å². The van der Waals surface area contributed by atoms with Crippen LogP contribution in [0.1, 0.15) is 47.0 Å². The summed E-state index contributed by atoms with van der Waals surface area (Å²) in [6.07, 6.45) is 3.36. The van der Waals surface area contributed by atoms with Gasteiger partial charge in [-0.05, 0) is 25.3 Å². The van der Waals surface area contributed by atoms with Gasteiger partial charge in [-0.25, -0.2) is 4.98 Å². The molecule has 21 heavy (non-hydrogen) atoms. The van der Waals surface area contributed by atoms with Crippen molar-refractivity contribution in [1.82, 2.24) is 4.98 Å². The molecule has 0 aliphatic rings. The Balaban J connectivity index is 3.01. The fourth-order valence-electron chi connectivity index (χ4n) is 2.27. The van der Waals surface area contributed by atoms with Crippen molar-refractivity contribution >= 4 is 34.8 Å². The van der Waals surface area contributed by atoms with Crippen molar-refractivity contribution in [1.29, 1.82) is 0 Å². The second-order valence-electron chi connectivity index (χ2n) is 5.27. The first-order valence-electron chi connectivity index (χ1n) is 7.92. The Bertz CT molecular complexity index is 434. The van der Waals surface area contributed by atoms with E-state index < -0.39 is 0 Å². The first-order chi connectivity index (χ1) is 10.1. The van der Waals surface area contributed by atoms with E-state index >= 15 is 0 Å². The van der Waals surface area contributed by atoms with Crippen LogP contribution in [0.5, 0.6) is 0 Å². The van der Waals surface area contributed by atoms with E-state index in [0.29, 0.717) is 16.0 Å². The van der Waals surface area contributed by atoms with Gasteiger partial charge < -0.3 is 10.2 Å². The Morgan fingerprint density at radius 1 is 1.14 bits per heavy atom. The Labute approximate surface area is 139 Å². The van der Waals surface area contributed by atoms with Gasteiger partial charge in [0.1, 0.15) is 11.6 Å². The zero-order chi connectivity index (χ0) is 15.8. The second kappa shape index (κ2) is 9.37. The van der Waals surface area contributed by atoms with Gasteiger partial charge in [-0.1, -0.05) is 56.8 Å². The lowest BCUT2D eigenvalue weighted by atomic mass is 10.0. The molecule has 0 unspecified atom stereocenters. The summed E-state index contributed by atoms with van der Waals surface area (Å²) in [5.74, 6) is 2.21. The normalized spacial score (nSPS) is 11.0. The summed E-state index contributed by atoms with van der Waals surface area (Å²) in [7, 11) is 0. The van der Waals surface area contributed by atoms with Crippen LogP contribution in [0.4, 0.5) is 11.6 Å². The van der Waals surface area contributed by atoms with Gasteiger partial charge in [0.15, 0.2) is 0 Å². The molecule has 0 aliphatic heterocycles. The number of halogens is 2. The Morgan fingerprint density at radius 2 is 1.81 bits per heavy atom. The maximum atomic E-state index is 6.36. The highest BCUT2D eigenvalue weighted by Gasteiger charge is 2.17. The van der Waals surface area contributed by atoms with Crippen molar-refractivity contribution in [2.24, 2.45) is 5.92 Å². The molecule has 120 valence electrons. The number of aromatic nitrogens is 1. The number of anilines is 2. The first kappa shape index (κ1) is 18.4. The third-order valence-electron chi connectivity index (χ3n) is 3.77. The van der Waals surface area contributed by atoms with Crippen LogP contribution in [0.3, 0.4) is 0 Å². The van der Waals surface area contributed by atoms with Crippen LogP contribution in [0.25, 0.3) is 0 Å². The minimum Gasteiger partial charge on any atom is -0.369 e. The molecule has 0 spiro atoms. The average Bonchev–Trinajstić information content (AvgIpc) is 2.48. The van der Waals surface area contributed by atoms with Crippen molar-refractivity contribution in [3.05, 3.63) is 16.1 Å². The van der Waals surface area contributed by atoms with Crippen LogP contribution in [0.15, 0.2) is 6.07 Å². The molecule has 0 saturated carbocycles. The molecule has 0 fully saturated rings. The lowest BCUT2D eigenvalue weighted by Crippen LogP contribution is -2.30. The molecule has 0 radical (unpaired) electrons. The summed E-state index contributed by atoms with van der Waals surface area (Å²) in [6.45, 7) is 11.4. The van der Waals surface area contributed by atoms with Gasteiger partial charge in [0.2, 0.25) is 0 Å². The van der Waals surface area contributed by atoms with Gasteiger partial charge in [0.05, 0.1) is 10.0 Å². The first-order valence-corrected chi connectivity index (χ1v) is 8.67. The lowest BCUT2D eigenvalue weighted by Gasteiger charge is -2.27. The second-order valence-corrected chi connectivity index (χ2v) is 6.09. The van der Waals surface area contributed by atoms with Crippen molar-refractivity contribution in [3.8, 4) is 0 Å². The van der Waals surface area contributed by atoms with Crippen molar-refractivity contribution < 1.29 is 0 Å². The summed E-state index contributed by atoms with van der Waals surface area (Å²) in [6, 6.07) is 1.79. The van der Waals surface area contributed by atoms with Gasteiger partial charge >= 0.3 is 0 Å². The average molecular weight is 332 g/mol. The predicted octanol–water partition coefficient (Wildman–Crippen LogP) is 5.47. The van der Waals surface area contributed by atoms with E-state index in [4.69, 9.17) is 23.2 Å². The smallest absolute Gasteiger partial charge is 0.149 e. The third-order valence-corrected chi connectivity index (χ3v) is 4.33. The largest absolute Gasteiger partial charge is 0.369 e. The van der Waals surface area contributed by atoms with E-state index in [1.165, 1.54) is 12.8 Å². The molecule has 1 aromatic heterocycles. The van der Waals surface area contributed by atoms with Crippen LogP contribution < -0.4 is 10.2 Å². The molecular formula is C16H27Cl2N3. The van der Waals surface area contributed by atoms with Crippen LogP contribution in [0, 0.1) is 5.92 Å². The standard InChI is InChI=1S/C16H27Cl2N3/c1-5-9-19-15-13(17)10-14(18)16(20-15)21(8-4)11-12(6-2)7-3/h10,12H,5-9,11H2,1-4H3,(H,19,20). The molecule has 0 atom stereocenters. The Hall–Kier alpha value is -0.670. The molecule has 0 amide bonds. The number of hydrogen-bond acceptors (Lipinski definition) is 3. The third kappa shape index (κ3) is 5.23. The fourth-order valence-corrected chi connectivity index (χ4v) is 2.81. The van der Waals surface area contributed by atoms with E-state index in [1.54, 1.807) is 6.07 Å². The van der Waals surface area contributed by atoms with E-state index in [0.717, 1.165) is 37.7 Å². The summed E-state index contributed by atoms with van der Waals surface area (Å²) < 4.78 is 0. The van der Waals surface area contributed by atoms with Crippen molar-refractivity contribution in [3.63, 3.8) is 0 Å². The highest BCUT2D eigenvalue weighted by Crippen LogP contribution is 2.32. The number of hydrogen-bond donors (Lipinski definition) is 1. The minimum absolute atomic E-state index is 0.579. The highest BCUT2D eigenvalue weighted by molar-refractivity contribution is 6.37. The van der Waals surface area contributed by atoms with Crippen LogP contribution in [0.2, 0.25) is 10.0 Å². The molecule has 0 bridgehead atoms. The van der Waals surface area contributed by atoms with Gasteiger partial charge in [-0.2, -0.15) is 0 Å². The molecule has 1 N–H and O–H groups in total. The Kier molecular flexibility index (Phi) is 8.20. The number of rotatable bonds is 9. The molecule has 1 rings (SSSR count). The van der Waals surface area contributed by atoms with Gasteiger partial charge in [0, 0.05) is 19.6 Å². The molecule has 0 aliphatic carbocycles. The lowest BCUT2D eigenvalue weighted by molar-refractivity contribution is 0.484. The highest BCUT2D eigenvalue weighted by atomic mass is 35.5. The summed E-state index contributed by atoms with van der Waals surface area (Å²) in [5, 5.41) is 4.46. The SMILES string of the molecule is CCCNc1nc(N(CC)CC(CC)CC)c(Cl)cc1Cl. The number of pyridine rings is 1. The van der Waals surface area contributed by atoms with Crippen LogP contribution in [-0.2, 0) is 0 Å². The van der Waals surface area contributed by atoms with Crippen LogP contribution in [-0.4, -0.2) is 24.6 Å². The molecule has 3 nitrogen and oxygen atoms in total. The summed E-state index contributed by atoms with van der Waals surface area (Å²) in [4.78, 5) is 6.90. The topological polar surface area (TPSA) is 28.2 Å². The maximum Gasteiger partial charge on any atom is 0.149 e. The molecule has 1 heterocycles. The molecule has 0 aromatic carbocycles. The van der Waals surface area contributed by atoms with E-state index in [2.05, 4.69) is 42.9 Å². The zero-order valence-corrected chi connectivity index (χ0v) is 15.1. The predicted molar refractivity (Wildman–Crippen MR) is 95.0 cm³/mol. The van der Waals surface area contributed by atoms with Gasteiger partial charge in [-0.3, -0.25) is 0 Å². The number of nitrogens with zero attached hydrogens (tertiary/aromatic N) is 2. The van der Waals surface area contributed by atoms with Crippen LogP contribution >= 0.6 is 23.2 Å². The molecule has 1 aromatic rings. The summed E-state index contributed by atoms with van der Waals surface area (Å²) >= 11 is 12.6. The number of nitrogens with one attached hydrogen (secondary N) is 1. The van der Waals surface area contributed by atoms with E-state index in [9.17, 15) is 0 Å². The molecular weight excluding hydrogens is 305 g/mol. The quantitative estimate of drug-likeness (QED) is 0.650. The van der Waals surface area contributed by atoms with E-state index in [-0.39, 0.29) is 0 Å². The monoisotopic (exact) mass is 331 g/mol. The molecule has 0 saturated heterocycles. The van der Waals surface area contributed by atoms with Crippen molar-refractivity contribution in [2.45, 2.75) is 47.0 Å². The minimum atomic E-state index is 0.579. The molecule has 5 heteroatoms.